The van der Waals surface area contributed by atoms with Crippen LogP contribution >= 0.6 is 0 Å². The number of nitrogens with zero attached hydrogens (tertiary/aromatic N) is 1. The Bertz CT molecular complexity index is 470. The van der Waals surface area contributed by atoms with Crippen molar-refractivity contribution in [2.24, 2.45) is 5.92 Å². The molecule has 3 heteroatoms. The highest BCUT2D eigenvalue weighted by Crippen LogP contribution is 2.19. The molecule has 0 aromatic heterocycles. The van der Waals surface area contributed by atoms with Crippen molar-refractivity contribution in [1.82, 2.24) is 10.2 Å². The maximum atomic E-state index is 12.4. The molecule has 0 radical (unpaired) electrons. The summed E-state index contributed by atoms with van der Waals surface area (Å²) in [7, 11) is 1.91. The largest absolute Gasteiger partial charge is 0.341 e. The third-order valence-electron chi connectivity index (χ3n) is 4.12. The Kier molecular flexibility index (Phi) is 4.25. The average Bonchev–Trinajstić information content (AvgIpc) is 2.78. The molecule has 19 heavy (non-hydrogen) atoms. The molecule has 1 amide bonds. The SMILES string of the molecule is Cc1ccc(CN(C)C(=O)C2CCNC2C)c(C)c1. The first kappa shape index (κ1) is 14.1. The Labute approximate surface area is 116 Å². The van der Waals surface area contributed by atoms with Gasteiger partial charge in [-0.25, -0.2) is 0 Å². The zero-order chi connectivity index (χ0) is 14.0. The molecule has 1 aromatic carbocycles. The summed E-state index contributed by atoms with van der Waals surface area (Å²) < 4.78 is 0. The van der Waals surface area contributed by atoms with E-state index in [1.54, 1.807) is 0 Å². The molecule has 2 atom stereocenters. The zero-order valence-electron chi connectivity index (χ0n) is 12.4. The van der Waals surface area contributed by atoms with Gasteiger partial charge in [-0.05, 0) is 44.9 Å². The van der Waals surface area contributed by atoms with Gasteiger partial charge in [0.05, 0.1) is 5.92 Å². The van der Waals surface area contributed by atoms with Gasteiger partial charge in [-0.2, -0.15) is 0 Å². The van der Waals surface area contributed by atoms with E-state index in [2.05, 4.69) is 44.3 Å². The van der Waals surface area contributed by atoms with Crippen LogP contribution in [0.15, 0.2) is 18.2 Å². The Hall–Kier alpha value is -1.35. The van der Waals surface area contributed by atoms with Crippen molar-refractivity contribution < 1.29 is 4.79 Å². The van der Waals surface area contributed by atoms with Crippen LogP contribution in [0.2, 0.25) is 0 Å². The minimum Gasteiger partial charge on any atom is -0.341 e. The smallest absolute Gasteiger partial charge is 0.227 e. The summed E-state index contributed by atoms with van der Waals surface area (Å²) in [4.78, 5) is 14.3. The van der Waals surface area contributed by atoms with Crippen LogP contribution in [0.4, 0.5) is 0 Å². The number of amides is 1. The topological polar surface area (TPSA) is 32.3 Å². The summed E-state index contributed by atoms with van der Waals surface area (Å²) in [5.74, 6) is 0.397. The van der Waals surface area contributed by atoms with Crippen LogP contribution in [-0.2, 0) is 11.3 Å². The minimum atomic E-state index is 0.135. The molecule has 1 N–H and O–H groups in total. The Morgan fingerprint density at radius 1 is 1.42 bits per heavy atom. The lowest BCUT2D eigenvalue weighted by Gasteiger charge is -2.24. The predicted molar refractivity (Wildman–Crippen MR) is 78.0 cm³/mol. The number of nitrogens with one attached hydrogen (secondary N) is 1. The highest BCUT2D eigenvalue weighted by Gasteiger charge is 2.31. The summed E-state index contributed by atoms with van der Waals surface area (Å²) in [5.41, 5.74) is 3.76. The van der Waals surface area contributed by atoms with E-state index in [4.69, 9.17) is 0 Å². The Morgan fingerprint density at radius 2 is 2.16 bits per heavy atom. The van der Waals surface area contributed by atoms with E-state index in [0.717, 1.165) is 13.0 Å². The van der Waals surface area contributed by atoms with E-state index in [0.29, 0.717) is 12.6 Å². The van der Waals surface area contributed by atoms with Gasteiger partial charge in [-0.1, -0.05) is 23.8 Å². The first-order valence-corrected chi connectivity index (χ1v) is 7.03. The van der Waals surface area contributed by atoms with Crippen LogP contribution in [-0.4, -0.2) is 30.4 Å². The van der Waals surface area contributed by atoms with Gasteiger partial charge in [0.15, 0.2) is 0 Å². The number of carbonyl (C=O) groups excluding carboxylic acids is 1. The number of rotatable bonds is 3. The molecule has 0 saturated carbocycles. The number of aryl methyl sites for hydroxylation is 2. The van der Waals surface area contributed by atoms with Gasteiger partial charge in [0.1, 0.15) is 0 Å². The molecular formula is C16H24N2O. The van der Waals surface area contributed by atoms with Crippen LogP contribution in [0.3, 0.4) is 0 Å². The summed E-state index contributed by atoms with van der Waals surface area (Å²) >= 11 is 0. The summed E-state index contributed by atoms with van der Waals surface area (Å²) in [6.07, 6.45) is 0.956. The van der Waals surface area contributed by atoms with Gasteiger partial charge in [0, 0.05) is 19.6 Å². The van der Waals surface area contributed by atoms with Crippen molar-refractivity contribution in [3.05, 3.63) is 34.9 Å². The minimum absolute atomic E-state index is 0.135. The average molecular weight is 260 g/mol. The molecule has 1 heterocycles. The molecule has 0 bridgehead atoms. The van der Waals surface area contributed by atoms with Gasteiger partial charge in [0.25, 0.3) is 0 Å². The van der Waals surface area contributed by atoms with Crippen LogP contribution in [0.5, 0.6) is 0 Å². The van der Waals surface area contributed by atoms with Gasteiger partial charge in [0.2, 0.25) is 5.91 Å². The van der Waals surface area contributed by atoms with Crippen molar-refractivity contribution in [3.63, 3.8) is 0 Å². The fourth-order valence-electron chi connectivity index (χ4n) is 2.84. The molecule has 2 rings (SSSR count). The third-order valence-corrected chi connectivity index (χ3v) is 4.12. The van der Waals surface area contributed by atoms with Gasteiger partial charge in [-0.3, -0.25) is 4.79 Å². The number of hydrogen-bond acceptors (Lipinski definition) is 2. The maximum Gasteiger partial charge on any atom is 0.227 e. The highest BCUT2D eigenvalue weighted by molar-refractivity contribution is 5.79. The number of carbonyl (C=O) groups is 1. The van der Waals surface area contributed by atoms with Crippen LogP contribution in [0.25, 0.3) is 0 Å². The van der Waals surface area contributed by atoms with Crippen LogP contribution < -0.4 is 5.32 Å². The molecule has 104 valence electrons. The lowest BCUT2D eigenvalue weighted by atomic mass is 9.99. The fraction of sp³-hybridized carbons (Fsp3) is 0.562. The molecule has 3 nitrogen and oxygen atoms in total. The van der Waals surface area contributed by atoms with Crippen LogP contribution in [0, 0.1) is 19.8 Å². The molecule has 1 aromatic rings. The second-order valence-corrected chi connectivity index (χ2v) is 5.76. The second kappa shape index (κ2) is 5.74. The molecule has 1 saturated heterocycles. The van der Waals surface area contributed by atoms with E-state index in [-0.39, 0.29) is 11.8 Å². The summed E-state index contributed by atoms with van der Waals surface area (Å²) in [5, 5.41) is 3.34. The molecular weight excluding hydrogens is 236 g/mol. The highest BCUT2D eigenvalue weighted by atomic mass is 16.2. The van der Waals surface area contributed by atoms with Gasteiger partial charge >= 0.3 is 0 Å². The van der Waals surface area contributed by atoms with Gasteiger partial charge in [-0.15, -0.1) is 0 Å². The molecule has 1 aliphatic rings. The first-order valence-electron chi connectivity index (χ1n) is 7.03. The molecule has 0 spiro atoms. The quantitative estimate of drug-likeness (QED) is 0.904. The molecule has 1 fully saturated rings. The first-order chi connectivity index (χ1) is 8.99. The number of benzene rings is 1. The Balaban J connectivity index is 2.04. The molecule has 2 unspecified atom stereocenters. The van der Waals surface area contributed by atoms with Crippen molar-refractivity contribution in [3.8, 4) is 0 Å². The molecule has 0 aliphatic carbocycles. The second-order valence-electron chi connectivity index (χ2n) is 5.76. The summed E-state index contributed by atoms with van der Waals surface area (Å²) in [6, 6.07) is 6.72. The standard InChI is InChI=1S/C16H24N2O/c1-11-5-6-14(12(2)9-11)10-18(4)16(19)15-7-8-17-13(15)3/h5-6,9,13,15,17H,7-8,10H2,1-4H3. The van der Waals surface area contributed by atoms with Crippen molar-refractivity contribution in [2.75, 3.05) is 13.6 Å². The monoisotopic (exact) mass is 260 g/mol. The third kappa shape index (κ3) is 3.16. The van der Waals surface area contributed by atoms with Crippen molar-refractivity contribution in [2.45, 2.75) is 39.8 Å². The fourth-order valence-corrected chi connectivity index (χ4v) is 2.84. The predicted octanol–water partition coefficient (Wildman–Crippen LogP) is 2.26. The normalized spacial score (nSPS) is 22.5. The van der Waals surface area contributed by atoms with E-state index in [9.17, 15) is 4.79 Å². The van der Waals surface area contributed by atoms with E-state index < -0.39 is 0 Å². The molecule has 1 aliphatic heterocycles. The summed E-state index contributed by atoms with van der Waals surface area (Å²) in [6.45, 7) is 7.96. The van der Waals surface area contributed by atoms with Crippen LogP contribution in [0.1, 0.15) is 30.0 Å². The van der Waals surface area contributed by atoms with Crippen molar-refractivity contribution >= 4 is 5.91 Å². The van der Waals surface area contributed by atoms with Gasteiger partial charge < -0.3 is 10.2 Å². The maximum absolute atomic E-state index is 12.4. The Morgan fingerprint density at radius 3 is 2.74 bits per heavy atom. The van der Waals surface area contributed by atoms with E-state index in [1.165, 1.54) is 16.7 Å². The number of hydrogen-bond donors (Lipinski definition) is 1. The van der Waals surface area contributed by atoms with E-state index >= 15 is 0 Å². The lowest BCUT2D eigenvalue weighted by Crippen LogP contribution is -2.37. The van der Waals surface area contributed by atoms with E-state index in [1.807, 2.05) is 11.9 Å². The lowest BCUT2D eigenvalue weighted by molar-refractivity contribution is -0.134. The van der Waals surface area contributed by atoms with Crippen molar-refractivity contribution in [1.29, 1.82) is 0 Å². The zero-order valence-corrected chi connectivity index (χ0v) is 12.4.